The molecule has 3 aliphatic rings. The monoisotopic (exact) mass is 451 g/mol. The van der Waals surface area contributed by atoms with Crippen LogP contribution >= 0.6 is 11.6 Å². The maximum absolute atomic E-state index is 13.3. The third-order valence-corrected chi connectivity index (χ3v) is 7.84. The zero-order valence-electron chi connectivity index (χ0n) is 16.7. The Morgan fingerprint density at radius 1 is 1.20 bits per heavy atom. The fraction of sp³-hybridized carbons (Fsp3) is 0.524. The molecule has 0 radical (unpaired) electrons. The van der Waals surface area contributed by atoms with Gasteiger partial charge in [-0.15, -0.1) is 11.6 Å². The molecule has 2 aliphatic carbocycles. The number of fused-ring (bicyclic) bond motifs is 2. The van der Waals surface area contributed by atoms with Crippen molar-refractivity contribution in [3.05, 3.63) is 28.8 Å². The number of alkyl halides is 1. The molecule has 1 heterocycles. The lowest BCUT2D eigenvalue weighted by Crippen LogP contribution is -2.41. The molecule has 2 fully saturated rings. The van der Waals surface area contributed by atoms with Crippen molar-refractivity contribution in [2.24, 2.45) is 22.9 Å². The van der Waals surface area contributed by atoms with E-state index in [0.29, 0.717) is 37.0 Å². The average molecular weight is 452 g/mol. The number of oxime groups is 1. The molecule has 0 spiro atoms. The predicted molar refractivity (Wildman–Crippen MR) is 110 cm³/mol. The number of nitrogens with zero attached hydrogens (tertiary/aromatic N) is 1. The third kappa shape index (κ3) is 3.39. The highest BCUT2D eigenvalue weighted by molar-refractivity contribution is 7.90. The second-order valence-electron chi connectivity index (χ2n) is 8.32. The van der Waals surface area contributed by atoms with Gasteiger partial charge in [-0.3, -0.25) is 14.4 Å². The van der Waals surface area contributed by atoms with Crippen LogP contribution in [0.4, 0.5) is 0 Å². The van der Waals surface area contributed by atoms with Crippen molar-refractivity contribution in [2.45, 2.75) is 43.6 Å². The van der Waals surface area contributed by atoms with Gasteiger partial charge in [0.1, 0.15) is 12.0 Å². The van der Waals surface area contributed by atoms with Crippen molar-refractivity contribution >= 4 is 44.5 Å². The van der Waals surface area contributed by atoms with E-state index in [0.717, 1.165) is 6.26 Å². The molecule has 3 unspecified atom stereocenters. The summed E-state index contributed by atoms with van der Waals surface area (Å²) in [5.74, 6) is -2.78. The molecule has 0 N–H and O–H groups in total. The van der Waals surface area contributed by atoms with Gasteiger partial charge in [-0.25, -0.2) is 8.42 Å². The van der Waals surface area contributed by atoms with Crippen molar-refractivity contribution in [1.29, 1.82) is 0 Å². The van der Waals surface area contributed by atoms with E-state index < -0.39 is 21.5 Å². The summed E-state index contributed by atoms with van der Waals surface area (Å²) in [5, 5.41) is 3.99. The van der Waals surface area contributed by atoms with Crippen LogP contribution in [0.1, 0.15) is 47.2 Å². The molecule has 160 valence electrons. The lowest BCUT2D eigenvalue weighted by molar-refractivity contribution is -0.137. The molecule has 4 rings (SSSR count). The van der Waals surface area contributed by atoms with E-state index in [4.69, 9.17) is 16.4 Å². The molecule has 3 atom stereocenters. The van der Waals surface area contributed by atoms with Crippen LogP contribution in [-0.2, 0) is 24.3 Å². The van der Waals surface area contributed by atoms with Crippen molar-refractivity contribution in [3.8, 4) is 0 Å². The highest BCUT2D eigenvalue weighted by Crippen LogP contribution is 2.42. The second-order valence-corrected chi connectivity index (χ2v) is 10.6. The van der Waals surface area contributed by atoms with E-state index in [2.05, 4.69) is 5.16 Å². The number of halogens is 1. The summed E-state index contributed by atoms with van der Waals surface area (Å²) in [6.07, 6.45) is 2.82. The van der Waals surface area contributed by atoms with Gasteiger partial charge in [0.25, 0.3) is 0 Å². The molecular formula is C21H22ClNO6S. The van der Waals surface area contributed by atoms with Gasteiger partial charge in [0.05, 0.1) is 16.5 Å². The highest BCUT2D eigenvalue weighted by Gasteiger charge is 2.50. The van der Waals surface area contributed by atoms with Crippen LogP contribution in [0, 0.1) is 24.7 Å². The fourth-order valence-corrected chi connectivity index (χ4v) is 5.93. The molecule has 9 heteroatoms. The van der Waals surface area contributed by atoms with E-state index in [1.807, 2.05) is 0 Å². The van der Waals surface area contributed by atoms with Crippen molar-refractivity contribution in [1.82, 2.24) is 0 Å². The zero-order valence-corrected chi connectivity index (χ0v) is 18.3. The number of benzene rings is 1. The first-order valence-electron chi connectivity index (χ1n) is 9.87. The van der Waals surface area contributed by atoms with Gasteiger partial charge in [0, 0.05) is 35.6 Å². The van der Waals surface area contributed by atoms with Crippen LogP contribution in [0.25, 0.3) is 0 Å². The van der Waals surface area contributed by atoms with Gasteiger partial charge in [-0.2, -0.15) is 0 Å². The van der Waals surface area contributed by atoms with Crippen LogP contribution < -0.4 is 0 Å². The lowest BCUT2D eigenvalue weighted by Gasteiger charge is -2.25. The Hall–Kier alpha value is -2.06. The van der Waals surface area contributed by atoms with Gasteiger partial charge in [0.2, 0.25) is 0 Å². The summed E-state index contributed by atoms with van der Waals surface area (Å²) in [5.41, 5.74) is 1.21. The Labute approximate surface area is 179 Å². The van der Waals surface area contributed by atoms with E-state index in [-0.39, 0.29) is 51.4 Å². The van der Waals surface area contributed by atoms with Gasteiger partial charge in [-0.1, -0.05) is 5.16 Å². The molecule has 0 aromatic heterocycles. The van der Waals surface area contributed by atoms with Crippen molar-refractivity contribution in [2.75, 3.05) is 12.1 Å². The Bertz CT molecular complexity index is 1070. The smallest absolute Gasteiger partial charge is 0.181 e. The molecule has 2 bridgehead atoms. The predicted octanol–water partition coefficient (Wildman–Crippen LogP) is 2.50. The fourth-order valence-electron chi connectivity index (χ4n) is 4.80. The summed E-state index contributed by atoms with van der Waals surface area (Å²) in [6, 6.07) is 2.73. The van der Waals surface area contributed by atoms with Gasteiger partial charge in [-0.05, 0) is 43.9 Å². The molecule has 1 aliphatic heterocycles. The number of rotatable bonds is 5. The number of sulfone groups is 1. The van der Waals surface area contributed by atoms with E-state index in [1.54, 1.807) is 6.92 Å². The van der Waals surface area contributed by atoms with E-state index in [1.165, 1.54) is 12.1 Å². The minimum Gasteiger partial charge on any atom is -0.391 e. The number of hydrogen-bond acceptors (Lipinski definition) is 7. The minimum atomic E-state index is -3.63. The Morgan fingerprint density at radius 2 is 1.83 bits per heavy atom. The molecular weight excluding hydrogens is 430 g/mol. The first-order chi connectivity index (χ1) is 14.1. The third-order valence-electron chi connectivity index (χ3n) is 6.35. The number of carbonyl (C=O) groups is 3. The maximum atomic E-state index is 13.3. The maximum Gasteiger partial charge on any atom is 0.181 e. The molecule has 0 saturated heterocycles. The number of carbonyl (C=O) groups excluding carboxylic acids is 3. The summed E-state index contributed by atoms with van der Waals surface area (Å²) in [6.45, 7) is 1.61. The van der Waals surface area contributed by atoms with Crippen LogP contribution in [-0.4, -0.2) is 49.7 Å². The first-order valence-corrected chi connectivity index (χ1v) is 12.3. The summed E-state index contributed by atoms with van der Waals surface area (Å²) in [4.78, 5) is 44.1. The molecule has 0 amide bonds. The standard InChI is InChI=1S/C21H22ClNO6S/c1-10-14(21(26)18-19(24)11-3-4-12(7-11)20(18)25)5-6-16(30(2,27)28)17(10)15-8-13(9-22)29-23-15/h5-6,11-13,18H,3-4,7-9H2,1-2H3. The molecule has 30 heavy (non-hydrogen) atoms. The van der Waals surface area contributed by atoms with Crippen molar-refractivity contribution < 1.29 is 27.6 Å². The van der Waals surface area contributed by atoms with E-state index >= 15 is 0 Å². The largest absolute Gasteiger partial charge is 0.391 e. The highest BCUT2D eigenvalue weighted by atomic mass is 35.5. The number of Topliss-reactive ketones (excluding diaryl/α,β-unsaturated/α-hetero) is 3. The Balaban J connectivity index is 1.80. The van der Waals surface area contributed by atoms with Gasteiger partial charge in [0.15, 0.2) is 27.2 Å². The number of ketones is 3. The molecule has 1 aromatic rings. The molecule has 7 nitrogen and oxygen atoms in total. The Morgan fingerprint density at radius 3 is 2.37 bits per heavy atom. The van der Waals surface area contributed by atoms with Gasteiger partial charge >= 0.3 is 0 Å². The zero-order chi connectivity index (χ0) is 21.8. The Kier molecular flexibility index (Phi) is 5.34. The number of hydrogen-bond donors (Lipinski definition) is 0. The van der Waals surface area contributed by atoms with Crippen LogP contribution in [0.5, 0.6) is 0 Å². The van der Waals surface area contributed by atoms with Crippen LogP contribution in [0.15, 0.2) is 22.2 Å². The van der Waals surface area contributed by atoms with Gasteiger partial charge < -0.3 is 4.84 Å². The van der Waals surface area contributed by atoms with Crippen molar-refractivity contribution in [3.63, 3.8) is 0 Å². The SMILES string of the molecule is Cc1c(C(=O)C2C(=O)C3CCC(C3)C2=O)ccc(S(C)(=O)=O)c1C1=NOC(CCl)C1. The molecule has 1 aromatic carbocycles. The quantitative estimate of drug-likeness (QED) is 0.386. The average Bonchev–Trinajstić information content (AvgIpc) is 3.34. The van der Waals surface area contributed by atoms with E-state index in [9.17, 15) is 22.8 Å². The lowest BCUT2D eigenvalue weighted by atomic mass is 9.74. The minimum absolute atomic E-state index is 0.0236. The topological polar surface area (TPSA) is 107 Å². The summed E-state index contributed by atoms with van der Waals surface area (Å²) in [7, 11) is -3.63. The second kappa shape index (κ2) is 7.57. The van der Waals surface area contributed by atoms with Crippen LogP contribution in [0.3, 0.4) is 0 Å². The summed E-state index contributed by atoms with van der Waals surface area (Å²) >= 11 is 5.83. The van der Waals surface area contributed by atoms with Crippen LogP contribution in [0.2, 0.25) is 0 Å². The molecule has 2 saturated carbocycles. The first kappa shape index (κ1) is 21.2. The summed E-state index contributed by atoms with van der Waals surface area (Å²) < 4.78 is 24.8. The normalized spacial score (nSPS) is 28.4.